The molecule has 8 nitrogen and oxygen atoms in total. The highest BCUT2D eigenvalue weighted by molar-refractivity contribution is 7.91. The van der Waals surface area contributed by atoms with Gasteiger partial charge in [0, 0.05) is 18.6 Å². The lowest BCUT2D eigenvalue weighted by molar-refractivity contribution is -0.137. The average molecular weight is 478 g/mol. The van der Waals surface area contributed by atoms with Gasteiger partial charge < -0.3 is 10.2 Å². The summed E-state index contributed by atoms with van der Waals surface area (Å²) in [5.74, 6) is 0. The van der Waals surface area contributed by atoms with Crippen LogP contribution in [0.25, 0.3) is 0 Å². The number of sulfone groups is 1. The molecule has 0 atom stereocenters. The van der Waals surface area contributed by atoms with Crippen LogP contribution in [0.4, 0.5) is 18.0 Å². The van der Waals surface area contributed by atoms with E-state index >= 15 is 0 Å². The molecular formula is C21H17F3N4O4S. The van der Waals surface area contributed by atoms with Crippen molar-refractivity contribution in [3.8, 4) is 0 Å². The fourth-order valence-electron chi connectivity index (χ4n) is 3.22. The van der Waals surface area contributed by atoms with Crippen molar-refractivity contribution in [2.24, 2.45) is 0 Å². The minimum absolute atomic E-state index is 0.0366. The number of hydrogen-bond acceptors (Lipinski definition) is 7. The zero-order valence-corrected chi connectivity index (χ0v) is 17.7. The number of nitrogens with zero attached hydrogens (tertiary/aromatic N) is 3. The van der Waals surface area contributed by atoms with Gasteiger partial charge in [0.2, 0.25) is 9.84 Å². The van der Waals surface area contributed by atoms with Gasteiger partial charge in [-0.2, -0.15) is 13.2 Å². The van der Waals surface area contributed by atoms with Gasteiger partial charge in [-0.1, -0.05) is 6.07 Å². The molecule has 0 saturated heterocycles. The number of nitrogens with one attached hydrogen (secondary N) is 1. The quantitative estimate of drug-likeness (QED) is 0.599. The van der Waals surface area contributed by atoms with Gasteiger partial charge in [-0.05, 0) is 47.5 Å². The molecule has 12 heteroatoms. The highest BCUT2D eigenvalue weighted by Gasteiger charge is 2.32. The third-order valence-corrected chi connectivity index (χ3v) is 6.64. The summed E-state index contributed by atoms with van der Waals surface area (Å²) in [5.41, 5.74) is 1.25. The second-order valence-electron chi connectivity index (χ2n) is 7.19. The Kier molecular flexibility index (Phi) is 6.04. The molecule has 0 aliphatic carbocycles. The number of pyridine rings is 2. The van der Waals surface area contributed by atoms with Crippen molar-refractivity contribution in [2.75, 3.05) is 0 Å². The Hall–Kier alpha value is -3.51. The Morgan fingerprint density at radius 3 is 2.55 bits per heavy atom. The van der Waals surface area contributed by atoms with Crippen LogP contribution in [-0.2, 0) is 40.5 Å². The van der Waals surface area contributed by atoms with Crippen LogP contribution in [-0.4, -0.2) is 29.5 Å². The lowest BCUT2D eigenvalue weighted by Crippen LogP contribution is -2.31. The molecule has 4 rings (SSSR count). The first-order valence-electron chi connectivity index (χ1n) is 9.63. The molecule has 0 radical (unpaired) electrons. The number of alkyl halides is 3. The lowest BCUT2D eigenvalue weighted by atomic mass is 10.2. The van der Waals surface area contributed by atoms with Crippen molar-refractivity contribution in [2.45, 2.75) is 35.6 Å². The van der Waals surface area contributed by atoms with Crippen LogP contribution in [0, 0.1) is 0 Å². The average Bonchev–Trinajstić information content (AvgIpc) is 3.19. The van der Waals surface area contributed by atoms with Gasteiger partial charge in [0.1, 0.15) is 0 Å². The lowest BCUT2D eigenvalue weighted by Gasteiger charge is -2.14. The number of rotatable bonds is 5. The summed E-state index contributed by atoms with van der Waals surface area (Å²) >= 11 is 0. The largest absolute Gasteiger partial charge is 0.426 e. The Bertz CT molecular complexity index is 1260. The molecule has 1 aromatic carbocycles. The Labute approximate surface area is 186 Å². The summed E-state index contributed by atoms with van der Waals surface area (Å²) in [6.45, 7) is 0.813. The van der Waals surface area contributed by atoms with Crippen molar-refractivity contribution in [1.29, 1.82) is 0 Å². The molecule has 33 heavy (non-hydrogen) atoms. The number of halogens is 3. The van der Waals surface area contributed by atoms with E-state index in [0.717, 1.165) is 35.5 Å². The third kappa shape index (κ3) is 5.12. The monoisotopic (exact) mass is 478 g/mol. The van der Waals surface area contributed by atoms with Crippen LogP contribution in [0.1, 0.15) is 22.4 Å². The number of carbonyl (C=O) groups is 1. The van der Waals surface area contributed by atoms with E-state index in [1.54, 1.807) is 12.4 Å². The number of carbonyl (C=O) groups excluding carboxylic acids is 1. The van der Waals surface area contributed by atoms with E-state index in [9.17, 15) is 26.4 Å². The van der Waals surface area contributed by atoms with Gasteiger partial charge in [0.25, 0.3) is 0 Å². The minimum atomic E-state index is -4.66. The van der Waals surface area contributed by atoms with Gasteiger partial charge in [-0.3, -0.25) is 9.97 Å². The van der Waals surface area contributed by atoms with Gasteiger partial charge >= 0.3 is 12.3 Å². The summed E-state index contributed by atoms with van der Waals surface area (Å²) in [6, 6.07) is 7.91. The molecule has 1 amide bonds. The van der Waals surface area contributed by atoms with E-state index in [0.29, 0.717) is 24.8 Å². The Balaban J connectivity index is 1.36. The van der Waals surface area contributed by atoms with Crippen molar-refractivity contribution in [3.63, 3.8) is 0 Å². The highest BCUT2D eigenvalue weighted by Crippen LogP contribution is 2.31. The fourth-order valence-corrected chi connectivity index (χ4v) is 4.47. The molecule has 0 bridgehead atoms. The van der Waals surface area contributed by atoms with Gasteiger partial charge in [-0.25, -0.2) is 13.2 Å². The molecule has 0 fully saturated rings. The van der Waals surface area contributed by atoms with E-state index in [2.05, 4.69) is 15.3 Å². The van der Waals surface area contributed by atoms with Crippen molar-refractivity contribution < 1.29 is 31.2 Å². The summed E-state index contributed by atoms with van der Waals surface area (Å²) in [7, 11) is -4.20. The zero-order valence-electron chi connectivity index (χ0n) is 16.9. The van der Waals surface area contributed by atoms with Crippen LogP contribution in [0.5, 0.6) is 0 Å². The smallest absolute Gasteiger partial charge is 0.350 e. The maximum atomic E-state index is 12.9. The molecule has 2 aromatic heterocycles. The van der Waals surface area contributed by atoms with Crippen LogP contribution in [0.2, 0.25) is 0 Å². The first kappa shape index (κ1) is 22.7. The SMILES string of the molecule is O=C(NCc1ccc(S(=O)(=O)c2cccc(C(F)(F)F)c2)cn1)ON1Cc2ccncc2C1. The molecule has 1 N–H and O–H groups in total. The predicted octanol–water partition coefficient (Wildman–Crippen LogP) is 3.49. The van der Waals surface area contributed by atoms with Crippen molar-refractivity contribution >= 4 is 15.9 Å². The van der Waals surface area contributed by atoms with Crippen molar-refractivity contribution in [3.05, 3.63) is 83.4 Å². The summed E-state index contributed by atoms with van der Waals surface area (Å²) in [5, 5.41) is 3.98. The molecule has 3 aromatic rings. The summed E-state index contributed by atoms with van der Waals surface area (Å²) < 4.78 is 64.0. The first-order chi connectivity index (χ1) is 15.6. The fraction of sp³-hybridized carbons (Fsp3) is 0.190. The normalized spacial score (nSPS) is 14.0. The number of amides is 1. The van der Waals surface area contributed by atoms with Gasteiger partial charge in [-0.15, -0.1) is 5.06 Å². The Morgan fingerprint density at radius 2 is 1.85 bits per heavy atom. The van der Waals surface area contributed by atoms with Crippen LogP contribution < -0.4 is 5.32 Å². The van der Waals surface area contributed by atoms with Crippen molar-refractivity contribution in [1.82, 2.24) is 20.3 Å². The number of hydroxylamine groups is 2. The second kappa shape index (κ2) is 8.79. The molecule has 0 unspecified atom stereocenters. The van der Waals surface area contributed by atoms with Crippen LogP contribution in [0.3, 0.4) is 0 Å². The van der Waals surface area contributed by atoms with E-state index in [1.165, 1.54) is 17.2 Å². The standard InChI is InChI=1S/C21H17F3N4O4S/c22-21(23,24)16-2-1-3-18(8-16)33(30,31)19-5-4-17(26-11-19)10-27-20(29)32-28-12-14-6-7-25-9-15(14)13-28/h1-9,11H,10,12-13H2,(H,27,29). The molecule has 0 saturated carbocycles. The van der Waals surface area contributed by atoms with E-state index in [1.807, 2.05) is 6.07 Å². The number of fused-ring (bicyclic) bond motifs is 1. The van der Waals surface area contributed by atoms with Gasteiger partial charge in [0.05, 0.1) is 40.7 Å². The van der Waals surface area contributed by atoms with Crippen LogP contribution in [0.15, 0.2) is 70.8 Å². The molecular weight excluding hydrogens is 461 g/mol. The van der Waals surface area contributed by atoms with E-state index in [4.69, 9.17) is 4.84 Å². The highest BCUT2D eigenvalue weighted by atomic mass is 32.2. The molecule has 172 valence electrons. The number of aromatic nitrogens is 2. The number of benzene rings is 1. The maximum absolute atomic E-state index is 12.9. The summed E-state index contributed by atoms with van der Waals surface area (Å²) in [4.78, 5) is 24.5. The van der Waals surface area contributed by atoms with E-state index in [-0.39, 0.29) is 11.4 Å². The Morgan fingerprint density at radius 1 is 1.06 bits per heavy atom. The second-order valence-corrected chi connectivity index (χ2v) is 9.14. The molecule has 1 aliphatic heterocycles. The first-order valence-corrected chi connectivity index (χ1v) is 11.1. The van der Waals surface area contributed by atoms with Crippen LogP contribution >= 0.6 is 0 Å². The topological polar surface area (TPSA) is 101 Å². The minimum Gasteiger partial charge on any atom is -0.350 e. The third-order valence-electron chi connectivity index (χ3n) is 4.90. The molecule has 0 spiro atoms. The summed E-state index contributed by atoms with van der Waals surface area (Å²) in [6.07, 6.45) is -0.983. The molecule has 3 heterocycles. The van der Waals surface area contributed by atoms with E-state index < -0.39 is 32.6 Å². The van der Waals surface area contributed by atoms with Gasteiger partial charge in [0.15, 0.2) is 0 Å². The zero-order chi connectivity index (χ0) is 23.6. The maximum Gasteiger partial charge on any atom is 0.426 e. The predicted molar refractivity (Wildman–Crippen MR) is 108 cm³/mol. The number of hydrogen-bond donors (Lipinski definition) is 1. The molecule has 1 aliphatic rings.